The Hall–Kier alpha value is -1.66. The molecule has 0 aromatic heterocycles. The summed E-state index contributed by atoms with van der Waals surface area (Å²) in [7, 11) is 0. The molecule has 1 amide bonds. The molecule has 0 radical (unpaired) electrons. The van der Waals surface area contributed by atoms with Gasteiger partial charge in [0.25, 0.3) is 0 Å². The fourth-order valence-electron chi connectivity index (χ4n) is 10.6. The summed E-state index contributed by atoms with van der Waals surface area (Å²) in [6.07, 6.45) is 79.2. The van der Waals surface area contributed by atoms with Gasteiger partial charge in [0.05, 0.1) is 25.4 Å². The van der Waals surface area contributed by atoms with Crippen LogP contribution in [0.25, 0.3) is 0 Å². The fraction of sp³-hybridized carbons (Fsp3) is 0.912. The topological polar surface area (TPSA) is 95.9 Å². The third-order valence-corrected chi connectivity index (χ3v) is 15.7. The molecule has 0 aliphatic rings. The number of rotatable bonds is 63. The number of aliphatic hydroxyl groups is 2. The minimum atomic E-state index is -0.666. The van der Waals surface area contributed by atoms with Gasteiger partial charge in [-0.3, -0.25) is 9.59 Å². The average Bonchev–Trinajstić information content (AvgIpc) is 3.40. The lowest BCUT2D eigenvalue weighted by atomic mass is 10.0. The first kappa shape index (κ1) is 72.3. The van der Waals surface area contributed by atoms with Crippen molar-refractivity contribution in [1.29, 1.82) is 0 Å². The zero-order chi connectivity index (χ0) is 53.6. The number of hydrogen-bond acceptors (Lipinski definition) is 5. The molecule has 0 aliphatic heterocycles. The van der Waals surface area contributed by atoms with E-state index in [-0.39, 0.29) is 18.5 Å². The number of hydrogen-bond donors (Lipinski definition) is 3. The Bertz CT molecular complexity index is 1150. The Morgan fingerprint density at radius 2 is 0.635 bits per heavy atom. The van der Waals surface area contributed by atoms with E-state index < -0.39 is 12.1 Å². The quantitative estimate of drug-likeness (QED) is 0.0320. The zero-order valence-corrected chi connectivity index (χ0v) is 50.1. The SMILES string of the molecule is CCCCCCCC/C=C\CCCCCCCC(=O)OCCCCCCCCCCCCCC/C=C\CCCCCCCCCCCC(=O)NC(CO)C(O)CCCCCCCCCCCCCCCCCCC. The maximum atomic E-state index is 12.5. The number of carbonyl (C=O) groups is 2. The largest absolute Gasteiger partial charge is 0.466 e. The summed E-state index contributed by atoms with van der Waals surface area (Å²) in [5.41, 5.74) is 0. The van der Waals surface area contributed by atoms with Gasteiger partial charge in [0.15, 0.2) is 0 Å². The summed E-state index contributed by atoms with van der Waals surface area (Å²) in [5, 5.41) is 23.3. The molecule has 74 heavy (non-hydrogen) atoms. The number of esters is 1. The van der Waals surface area contributed by atoms with Crippen molar-refractivity contribution in [1.82, 2.24) is 5.32 Å². The molecule has 6 nitrogen and oxygen atoms in total. The lowest BCUT2D eigenvalue weighted by Crippen LogP contribution is -2.45. The van der Waals surface area contributed by atoms with Crippen LogP contribution in [0.1, 0.15) is 373 Å². The second-order valence-electron chi connectivity index (χ2n) is 23.1. The first-order chi connectivity index (χ1) is 36.5. The standard InChI is InChI=1S/C68H131NO5/c1-3-5-7-9-11-13-15-17-19-29-33-36-40-44-48-52-56-60-66(71)65(64-70)69-67(72)61-57-53-49-45-41-37-34-30-27-25-23-21-20-22-24-26-28-31-35-39-43-47-51-55-59-63-74-68(73)62-58-54-50-46-42-38-32-18-16-14-12-10-8-6-4-2/h18,21,23,32,65-66,70-71H,3-17,19-20,22,24-31,33-64H2,1-2H3,(H,69,72)/b23-21-,32-18-. The third kappa shape index (κ3) is 59.6. The highest BCUT2D eigenvalue weighted by Crippen LogP contribution is 2.18. The van der Waals surface area contributed by atoms with Crippen molar-refractivity contribution >= 4 is 11.9 Å². The third-order valence-electron chi connectivity index (χ3n) is 15.7. The predicted octanol–water partition coefficient (Wildman–Crippen LogP) is 21.4. The summed E-state index contributed by atoms with van der Waals surface area (Å²) in [5.74, 6) is -0.0289. The maximum absolute atomic E-state index is 12.5. The van der Waals surface area contributed by atoms with E-state index in [9.17, 15) is 19.8 Å². The van der Waals surface area contributed by atoms with Crippen LogP contribution >= 0.6 is 0 Å². The van der Waals surface area contributed by atoms with Gasteiger partial charge in [-0.2, -0.15) is 0 Å². The number of ether oxygens (including phenoxy) is 1. The Kier molecular flexibility index (Phi) is 62.4. The normalized spacial score (nSPS) is 12.6. The molecule has 6 heteroatoms. The van der Waals surface area contributed by atoms with Crippen molar-refractivity contribution in [3.8, 4) is 0 Å². The van der Waals surface area contributed by atoms with E-state index in [0.717, 1.165) is 44.9 Å². The van der Waals surface area contributed by atoms with Crippen LogP contribution in [0, 0.1) is 0 Å². The monoisotopic (exact) mass is 1040 g/mol. The minimum absolute atomic E-state index is 0.00615. The minimum Gasteiger partial charge on any atom is -0.466 e. The number of nitrogens with one attached hydrogen (secondary N) is 1. The van der Waals surface area contributed by atoms with Crippen LogP contribution in [0.5, 0.6) is 0 Å². The lowest BCUT2D eigenvalue weighted by Gasteiger charge is -2.22. The number of aliphatic hydroxyl groups excluding tert-OH is 2. The molecule has 0 heterocycles. The van der Waals surface area contributed by atoms with E-state index in [0.29, 0.717) is 25.9 Å². The van der Waals surface area contributed by atoms with Gasteiger partial charge in [0, 0.05) is 12.8 Å². The van der Waals surface area contributed by atoms with Gasteiger partial charge in [0.1, 0.15) is 0 Å². The van der Waals surface area contributed by atoms with Gasteiger partial charge in [-0.05, 0) is 77.0 Å². The molecule has 0 fully saturated rings. The molecular formula is C68H131NO5. The highest BCUT2D eigenvalue weighted by Gasteiger charge is 2.20. The van der Waals surface area contributed by atoms with Gasteiger partial charge < -0.3 is 20.3 Å². The first-order valence-corrected chi connectivity index (χ1v) is 33.6. The molecule has 2 unspecified atom stereocenters. The van der Waals surface area contributed by atoms with Gasteiger partial charge in [-0.15, -0.1) is 0 Å². The van der Waals surface area contributed by atoms with Crippen LogP contribution < -0.4 is 5.32 Å². The van der Waals surface area contributed by atoms with Crippen molar-refractivity contribution in [3.05, 3.63) is 24.3 Å². The van der Waals surface area contributed by atoms with Crippen LogP contribution in [-0.4, -0.2) is 47.4 Å². The van der Waals surface area contributed by atoms with Crippen molar-refractivity contribution in [2.24, 2.45) is 0 Å². The van der Waals surface area contributed by atoms with Gasteiger partial charge >= 0.3 is 5.97 Å². The molecule has 0 aromatic rings. The number of allylic oxidation sites excluding steroid dienone is 4. The van der Waals surface area contributed by atoms with Crippen LogP contribution in [0.15, 0.2) is 24.3 Å². The molecule has 2 atom stereocenters. The van der Waals surface area contributed by atoms with Crippen LogP contribution in [0.2, 0.25) is 0 Å². The van der Waals surface area contributed by atoms with E-state index in [2.05, 4.69) is 43.5 Å². The Labute approximate surface area is 462 Å². The highest BCUT2D eigenvalue weighted by molar-refractivity contribution is 5.76. The summed E-state index contributed by atoms with van der Waals surface area (Å²) in [4.78, 5) is 24.6. The van der Waals surface area contributed by atoms with E-state index in [1.165, 1.54) is 295 Å². The summed E-state index contributed by atoms with van der Waals surface area (Å²) in [6.45, 7) is 4.97. The van der Waals surface area contributed by atoms with E-state index in [1.54, 1.807) is 0 Å². The number of amides is 1. The molecular weight excluding hydrogens is 911 g/mol. The zero-order valence-electron chi connectivity index (χ0n) is 50.1. The molecule has 0 aromatic carbocycles. The molecule has 0 saturated carbocycles. The van der Waals surface area contributed by atoms with E-state index in [4.69, 9.17) is 4.74 Å². The molecule has 0 spiro atoms. The van der Waals surface area contributed by atoms with Gasteiger partial charge in [-0.25, -0.2) is 0 Å². The molecule has 0 bridgehead atoms. The Morgan fingerprint density at radius 1 is 0.365 bits per heavy atom. The smallest absolute Gasteiger partial charge is 0.305 e. The summed E-state index contributed by atoms with van der Waals surface area (Å²) < 4.78 is 5.49. The molecule has 0 rings (SSSR count). The molecule has 3 N–H and O–H groups in total. The van der Waals surface area contributed by atoms with Crippen LogP contribution in [0.4, 0.5) is 0 Å². The number of carbonyl (C=O) groups excluding carboxylic acids is 2. The fourth-order valence-corrected chi connectivity index (χ4v) is 10.6. The Morgan fingerprint density at radius 3 is 0.959 bits per heavy atom. The molecule has 438 valence electrons. The highest BCUT2D eigenvalue weighted by atomic mass is 16.5. The second-order valence-corrected chi connectivity index (χ2v) is 23.1. The Balaban J connectivity index is 3.39. The maximum Gasteiger partial charge on any atom is 0.305 e. The predicted molar refractivity (Wildman–Crippen MR) is 324 cm³/mol. The van der Waals surface area contributed by atoms with E-state index >= 15 is 0 Å². The number of unbranched alkanes of at least 4 members (excludes halogenated alkanes) is 48. The van der Waals surface area contributed by atoms with Crippen LogP contribution in [-0.2, 0) is 14.3 Å². The molecule has 0 saturated heterocycles. The van der Waals surface area contributed by atoms with Crippen molar-refractivity contribution < 1.29 is 24.5 Å². The van der Waals surface area contributed by atoms with Crippen molar-refractivity contribution in [2.75, 3.05) is 13.2 Å². The van der Waals surface area contributed by atoms with Crippen LogP contribution in [0.3, 0.4) is 0 Å². The second kappa shape index (κ2) is 63.9. The average molecular weight is 1040 g/mol. The summed E-state index contributed by atoms with van der Waals surface area (Å²) in [6, 6.07) is -0.544. The lowest BCUT2D eigenvalue weighted by molar-refractivity contribution is -0.143. The van der Waals surface area contributed by atoms with Gasteiger partial charge in [-0.1, -0.05) is 308 Å². The van der Waals surface area contributed by atoms with Crippen molar-refractivity contribution in [3.63, 3.8) is 0 Å². The molecule has 0 aliphatic carbocycles. The van der Waals surface area contributed by atoms with Gasteiger partial charge in [0.2, 0.25) is 5.91 Å². The van der Waals surface area contributed by atoms with Crippen molar-refractivity contribution in [2.45, 2.75) is 386 Å². The first-order valence-electron chi connectivity index (χ1n) is 33.6. The van der Waals surface area contributed by atoms with E-state index in [1.807, 2.05) is 0 Å². The summed E-state index contributed by atoms with van der Waals surface area (Å²) >= 11 is 0.